The highest BCUT2D eigenvalue weighted by atomic mass is 32.2. The van der Waals surface area contributed by atoms with E-state index >= 15 is 0 Å². The Labute approximate surface area is 268 Å². The monoisotopic (exact) mass is 682 g/mol. The molecule has 4 heterocycles. The van der Waals surface area contributed by atoms with Crippen molar-refractivity contribution in [1.29, 1.82) is 0 Å². The second-order valence-electron chi connectivity index (χ2n) is 9.27. The van der Waals surface area contributed by atoms with Crippen molar-refractivity contribution in [1.82, 2.24) is 29.9 Å². The summed E-state index contributed by atoms with van der Waals surface area (Å²) in [4.78, 5) is 60.8. The van der Waals surface area contributed by atoms with Gasteiger partial charge in [-0.2, -0.15) is 21.1 Å². The van der Waals surface area contributed by atoms with Crippen LogP contribution in [0.1, 0.15) is 24.4 Å². The van der Waals surface area contributed by atoms with Crippen molar-refractivity contribution in [3.05, 3.63) is 40.5 Å². The highest BCUT2D eigenvalue weighted by Gasteiger charge is 2.54. The van der Waals surface area contributed by atoms with Crippen LogP contribution in [0.4, 0.5) is 5.13 Å². The number of amides is 3. The van der Waals surface area contributed by atoms with E-state index < -0.39 is 41.0 Å². The lowest BCUT2D eigenvalue weighted by Gasteiger charge is -2.49. The average Bonchev–Trinajstić information content (AvgIpc) is 3.44. The van der Waals surface area contributed by atoms with E-state index in [1.807, 2.05) is 6.07 Å². The van der Waals surface area contributed by atoms with E-state index in [4.69, 9.17) is 17.2 Å². The first kappa shape index (κ1) is 33.5. The molecule has 3 atom stereocenters. The molecule has 0 saturated carbocycles. The number of nitrogens with one attached hydrogen (secondary N) is 2. The Morgan fingerprint density at radius 2 is 2.11 bits per heavy atom. The zero-order valence-electron chi connectivity index (χ0n) is 23.0. The van der Waals surface area contributed by atoms with Crippen LogP contribution in [0.2, 0.25) is 0 Å². The number of hydrogen-bond acceptors (Lipinski definition) is 16. The number of rotatable bonds is 15. The summed E-state index contributed by atoms with van der Waals surface area (Å²) in [6.45, 7) is 0.902. The molecule has 4 rings (SSSR count). The quantitative estimate of drug-likeness (QED) is 0.0414. The van der Waals surface area contributed by atoms with E-state index in [0.717, 1.165) is 27.0 Å². The van der Waals surface area contributed by atoms with Crippen LogP contribution >= 0.6 is 46.8 Å². The number of carbonyl (C=O) groups is 4. The fourth-order valence-electron chi connectivity index (χ4n) is 4.17. The number of nitrogen functional groups attached to an aromatic ring is 1. The van der Waals surface area contributed by atoms with Crippen molar-refractivity contribution in [3.8, 4) is 0 Å². The molecule has 0 spiro atoms. The molecule has 20 heteroatoms. The molecule has 2 aliphatic heterocycles. The van der Waals surface area contributed by atoms with Crippen LogP contribution in [0.15, 0.2) is 39.0 Å². The number of pyridine rings is 1. The van der Waals surface area contributed by atoms with Gasteiger partial charge in [-0.25, -0.2) is 4.79 Å². The van der Waals surface area contributed by atoms with Gasteiger partial charge >= 0.3 is 5.97 Å². The summed E-state index contributed by atoms with van der Waals surface area (Å²) in [7, 11) is 0. The number of hydrogen-bond donors (Lipinski definition) is 7. The second-order valence-corrected chi connectivity index (χ2v) is 13.4. The van der Waals surface area contributed by atoms with Crippen molar-refractivity contribution in [2.45, 2.75) is 40.9 Å². The van der Waals surface area contributed by atoms with Gasteiger partial charge in [-0.05, 0) is 31.5 Å². The third kappa shape index (κ3) is 7.80. The number of oxime groups is 1. The van der Waals surface area contributed by atoms with E-state index in [-0.39, 0.29) is 28.3 Å². The Morgan fingerprint density at radius 1 is 1.32 bits per heavy atom. The minimum Gasteiger partial charge on any atom is -0.477 e. The van der Waals surface area contributed by atoms with E-state index in [0.29, 0.717) is 42.3 Å². The topological polar surface area (TPSA) is 265 Å². The van der Waals surface area contributed by atoms with E-state index in [1.54, 1.807) is 24.0 Å². The minimum absolute atomic E-state index is 0.0581. The molecule has 0 bridgehead atoms. The first-order chi connectivity index (χ1) is 21.2. The normalized spacial score (nSPS) is 18.8. The number of nitrogens with two attached hydrogens (primary N) is 3. The molecule has 44 heavy (non-hydrogen) atoms. The van der Waals surface area contributed by atoms with Crippen LogP contribution in [-0.2, 0) is 24.9 Å². The summed E-state index contributed by atoms with van der Waals surface area (Å²) < 4.78 is 3.84. The lowest BCUT2D eigenvalue weighted by Crippen LogP contribution is -2.71. The van der Waals surface area contributed by atoms with Crippen LogP contribution in [0.25, 0.3) is 0 Å². The number of anilines is 1. The molecule has 236 valence electrons. The number of carboxylic acids is 1. The maximum absolute atomic E-state index is 13.1. The molecule has 0 aliphatic carbocycles. The van der Waals surface area contributed by atoms with Gasteiger partial charge in [0.15, 0.2) is 5.13 Å². The van der Waals surface area contributed by atoms with E-state index in [2.05, 4.69) is 30.1 Å². The summed E-state index contributed by atoms with van der Waals surface area (Å²) in [5, 5.41) is 27.0. The van der Waals surface area contributed by atoms with Crippen molar-refractivity contribution in [2.24, 2.45) is 16.6 Å². The highest BCUT2D eigenvalue weighted by molar-refractivity contribution is 8.06. The fraction of sp³-hybridized carbons (Fsp3) is 0.417. The number of nitrogens with zero attached hydrogens (tertiary/aromatic N) is 5. The van der Waals surface area contributed by atoms with Crippen molar-refractivity contribution in [3.63, 3.8) is 0 Å². The van der Waals surface area contributed by atoms with Crippen LogP contribution in [0, 0.1) is 0 Å². The predicted molar refractivity (Wildman–Crippen MR) is 168 cm³/mol. The number of aliphatic carboxylic acids is 1. The number of β-lactam (4-membered cyclic amide) rings is 1. The van der Waals surface area contributed by atoms with Gasteiger partial charge in [0.2, 0.25) is 17.4 Å². The summed E-state index contributed by atoms with van der Waals surface area (Å²) in [5.41, 5.74) is 16.9. The molecule has 1 saturated heterocycles. The molecule has 2 aliphatic rings. The lowest BCUT2D eigenvalue weighted by atomic mass is 10.0. The van der Waals surface area contributed by atoms with Crippen LogP contribution < -0.4 is 27.8 Å². The van der Waals surface area contributed by atoms with Crippen LogP contribution in [0.3, 0.4) is 0 Å². The Balaban J connectivity index is 1.37. The predicted octanol–water partition coefficient (Wildman–Crippen LogP) is -0.402. The van der Waals surface area contributed by atoms with Gasteiger partial charge < -0.3 is 38.1 Å². The molecule has 2 unspecified atom stereocenters. The molecule has 1 fully saturated rings. The Morgan fingerprint density at radius 3 is 2.80 bits per heavy atom. The van der Waals surface area contributed by atoms with Crippen molar-refractivity contribution in [2.75, 3.05) is 30.3 Å². The van der Waals surface area contributed by atoms with Crippen LogP contribution in [0.5, 0.6) is 0 Å². The summed E-state index contributed by atoms with van der Waals surface area (Å²) >= 11 is 4.86. The first-order valence-electron chi connectivity index (χ1n) is 13.1. The maximum atomic E-state index is 13.1. The lowest BCUT2D eigenvalue weighted by molar-refractivity contribution is -0.150. The summed E-state index contributed by atoms with van der Waals surface area (Å²) in [6.07, 6.45) is 2.84. The molecular formula is C24H30N10O6S4. The summed E-state index contributed by atoms with van der Waals surface area (Å²) in [5.74, 6) is -1.85. The number of carbonyl (C=O) groups excluding carboxylic acids is 3. The molecule has 2 aromatic heterocycles. The number of aromatic nitrogens is 3. The van der Waals surface area contributed by atoms with E-state index in [9.17, 15) is 29.5 Å². The molecule has 2 aromatic rings. The average molecular weight is 683 g/mol. The Bertz CT molecular complexity index is 1470. The molecule has 3 amide bonds. The van der Waals surface area contributed by atoms with Crippen molar-refractivity contribution < 1.29 is 29.5 Å². The number of fused-ring (bicyclic) bond motifs is 1. The highest BCUT2D eigenvalue weighted by Crippen LogP contribution is 2.45. The molecule has 0 radical (unpaired) electrons. The van der Waals surface area contributed by atoms with Crippen molar-refractivity contribution >= 4 is 81.4 Å². The van der Waals surface area contributed by atoms with Gasteiger partial charge in [0.1, 0.15) is 17.1 Å². The van der Waals surface area contributed by atoms with Gasteiger partial charge in [0, 0.05) is 51.3 Å². The van der Waals surface area contributed by atoms with Gasteiger partial charge in [0.05, 0.1) is 11.7 Å². The summed E-state index contributed by atoms with van der Waals surface area (Å²) in [6, 6.07) is 1.92. The third-order valence-corrected chi connectivity index (χ3v) is 10.5. The van der Waals surface area contributed by atoms with Gasteiger partial charge in [0.25, 0.3) is 11.8 Å². The van der Waals surface area contributed by atoms with E-state index in [1.165, 1.54) is 23.5 Å². The standard InChI is InChI=1S/C24H30N10O6S4/c25-5-1-3-11(26)19(35)29-7-8-41-9-12-13(4-2-6-28-12)43-14-10-42-22-16(21(37)34(22)17(14)23(38)39)30-20(36)15(32-40)18-31-24(27)44-33-18/h2,4,6,11,16,22,40H,1,3,5,7-10,25-26H2,(H,29,35)(H,30,36)(H,38,39)(H2,27,31,33)/b32-15-/t11-,16?,22?/m0/s1. The van der Waals surface area contributed by atoms with Gasteiger partial charge in [-0.3, -0.25) is 24.3 Å². The number of thioether (sulfide) groups is 3. The Hall–Kier alpha value is -3.43. The van der Waals surface area contributed by atoms with Gasteiger partial charge in [-0.15, -0.1) is 11.8 Å². The second kappa shape index (κ2) is 15.5. The first-order valence-corrected chi connectivity index (χ1v) is 16.9. The minimum atomic E-state index is -1.28. The largest absolute Gasteiger partial charge is 0.477 e. The molecule has 0 aromatic carbocycles. The molecular weight excluding hydrogens is 653 g/mol. The van der Waals surface area contributed by atoms with Gasteiger partial charge in [-0.1, -0.05) is 16.9 Å². The fourth-order valence-corrected chi connectivity index (χ4v) is 8.09. The maximum Gasteiger partial charge on any atom is 0.353 e. The zero-order valence-corrected chi connectivity index (χ0v) is 26.3. The smallest absolute Gasteiger partial charge is 0.353 e. The molecule has 10 N–H and O–H groups in total. The Kier molecular flexibility index (Phi) is 11.8. The van der Waals surface area contributed by atoms with Crippen LogP contribution in [-0.4, -0.2) is 101 Å². The SMILES string of the molecule is NCCC[C@H](N)C(=O)NCCSCc1ncccc1SC1=C(C(=O)O)N2C(=O)C(NC(=O)/C(=N\O)c3nsc(N)n3)C2SC1. The molecule has 16 nitrogen and oxygen atoms in total. The number of carboxylic acid groups (broad SMARTS) is 1. The zero-order chi connectivity index (χ0) is 31.8. The third-order valence-electron chi connectivity index (χ3n) is 6.31.